The van der Waals surface area contributed by atoms with Gasteiger partial charge >= 0.3 is 6.18 Å². The van der Waals surface area contributed by atoms with Crippen molar-refractivity contribution in [3.8, 4) is 11.5 Å². The van der Waals surface area contributed by atoms with Gasteiger partial charge in [-0.2, -0.15) is 13.2 Å². The molecular formula is C26H30Cl2F3N7O. The van der Waals surface area contributed by atoms with Crippen LogP contribution < -0.4 is 11.1 Å². The van der Waals surface area contributed by atoms with E-state index in [1.807, 2.05) is 26.8 Å². The lowest BCUT2D eigenvalue weighted by atomic mass is 10.1. The van der Waals surface area contributed by atoms with Gasteiger partial charge in [-0.3, -0.25) is 14.1 Å². The molecule has 4 aromatic rings. The van der Waals surface area contributed by atoms with E-state index in [2.05, 4.69) is 20.5 Å². The molecular weight excluding hydrogens is 554 g/mol. The summed E-state index contributed by atoms with van der Waals surface area (Å²) in [6.45, 7) is 6.14. The molecule has 13 heteroatoms. The molecule has 0 saturated carbocycles. The summed E-state index contributed by atoms with van der Waals surface area (Å²) in [6, 6.07) is 9.68. The van der Waals surface area contributed by atoms with Crippen LogP contribution in [0.3, 0.4) is 0 Å². The lowest BCUT2D eigenvalue weighted by Gasteiger charge is -2.30. The van der Waals surface area contributed by atoms with E-state index in [0.29, 0.717) is 34.7 Å². The maximum Gasteiger partial charge on any atom is 0.408 e. The molecule has 210 valence electrons. The van der Waals surface area contributed by atoms with Gasteiger partial charge in [0.05, 0.1) is 5.52 Å². The Morgan fingerprint density at radius 3 is 2.44 bits per heavy atom. The number of carbonyl (C=O) groups is 1. The highest BCUT2D eigenvalue weighted by Crippen LogP contribution is 2.39. The number of halogens is 5. The summed E-state index contributed by atoms with van der Waals surface area (Å²) in [6.07, 6.45) is -2.54. The van der Waals surface area contributed by atoms with Crippen LogP contribution >= 0.6 is 24.8 Å². The number of pyridine rings is 2. The van der Waals surface area contributed by atoms with Gasteiger partial charge in [0.1, 0.15) is 11.7 Å². The largest absolute Gasteiger partial charge is 0.408 e. The van der Waals surface area contributed by atoms with E-state index in [9.17, 15) is 18.0 Å². The van der Waals surface area contributed by atoms with Gasteiger partial charge in [-0.05, 0) is 57.0 Å². The second-order valence-electron chi connectivity index (χ2n) is 10.5. The number of alkyl halides is 3. The highest BCUT2D eigenvalue weighted by atomic mass is 35.5. The van der Waals surface area contributed by atoms with Crippen LogP contribution in [-0.2, 0) is 0 Å². The quantitative estimate of drug-likeness (QED) is 0.352. The van der Waals surface area contributed by atoms with Crippen molar-refractivity contribution in [1.82, 2.24) is 29.8 Å². The minimum absolute atomic E-state index is 0. The molecule has 1 amide bonds. The van der Waals surface area contributed by atoms with Crippen molar-refractivity contribution in [2.45, 2.75) is 51.0 Å². The normalized spacial score (nSPS) is 17.1. The number of nitrogens with one attached hydrogen (secondary N) is 1. The number of likely N-dealkylation sites (tertiary alicyclic amines) is 1. The molecule has 8 nitrogen and oxygen atoms in total. The first-order valence-corrected chi connectivity index (χ1v) is 12.0. The van der Waals surface area contributed by atoms with E-state index in [4.69, 9.17) is 5.73 Å². The molecule has 0 bridgehead atoms. The minimum atomic E-state index is -4.48. The number of fused-ring (bicyclic) bond motifs is 2. The average molecular weight is 584 g/mol. The molecule has 1 aliphatic heterocycles. The predicted octanol–water partition coefficient (Wildman–Crippen LogP) is 4.95. The van der Waals surface area contributed by atoms with Crippen LogP contribution in [0.1, 0.15) is 49.2 Å². The van der Waals surface area contributed by atoms with Gasteiger partial charge in [-0.15, -0.1) is 35.0 Å². The van der Waals surface area contributed by atoms with Crippen molar-refractivity contribution in [1.29, 1.82) is 0 Å². The number of rotatable bonds is 4. The van der Waals surface area contributed by atoms with E-state index < -0.39 is 17.8 Å². The van der Waals surface area contributed by atoms with Gasteiger partial charge in [0.2, 0.25) is 0 Å². The Hall–Kier alpha value is -2.99. The van der Waals surface area contributed by atoms with Crippen LogP contribution in [0.25, 0.3) is 28.1 Å². The number of nitrogens with zero attached hydrogens (tertiary/aromatic N) is 5. The first-order chi connectivity index (χ1) is 17.4. The molecule has 3 N–H and O–H groups in total. The lowest BCUT2D eigenvalue weighted by Crippen LogP contribution is -2.40. The van der Waals surface area contributed by atoms with Crippen LogP contribution in [0.5, 0.6) is 0 Å². The van der Waals surface area contributed by atoms with Crippen molar-refractivity contribution >= 4 is 47.3 Å². The average Bonchev–Trinajstić information content (AvgIpc) is 3.42. The standard InChI is InChI=1S/C26H28F3N7O.2ClH/c1-25(2,3)32-24(37)16-5-4-15-6-8-19(31-20(15)12-16)23-34-33-21-9-7-17(13-36(21)23)22(26(27,28)29)35-11-10-18(30)14-35;;/h4-9,12-13,18,22H,10-11,14,30H2,1-3H3,(H,32,37);2*1H/t18?,22-;;/m1../s1. The molecule has 4 heterocycles. The molecule has 1 unspecified atom stereocenters. The molecule has 1 aliphatic rings. The van der Waals surface area contributed by atoms with Crippen molar-refractivity contribution in [3.05, 3.63) is 59.8 Å². The van der Waals surface area contributed by atoms with Crippen molar-refractivity contribution < 1.29 is 18.0 Å². The van der Waals surface area contributed by atoms with Gasteiger partial charge < -0.3 is 11.1 Å². The molecule has 0 spiro atoms. The third kappa shape index (κ3) is 6.43. The van der Waals surface area contributed by atoms with E-state index in [-0.39, 0.29) is 55.4 Å². The topological polar surface area (TPSA) is 101 Å². The zero-order valence-electron chi connectivity index (χ0n) is 21.6. The molecule has 2 atom stereocenters. The zero-order valence-corrected chi connectivity index (χ0v) is 23.2. The summed E-state index contributed by atoms with van der Waals surface area (Å²) in [7, 11) is 0. The molecule has 0 aliphatic carbocycles. The van der Waals surface area contributed by atoms with Gasteiger partial charge in [0.15, 0.2) is 11.5 Å². The van der Waals surface area contributed by atoms with Crippen molar-refractivity contribution in [2.24, 2.45) is 5.73 Å². The summed E-state index contributed by atoms with van der Waals surface area (Å²) in [4.78, 5) is 18.7. The number of nitrogens with two attached hydrogens (primary N) is 1. The smallest absolute Gasteiger partial charge is 0.347 e. The lowest BCUT2D eigenvalue weighted by molar-refractivity contribution is -0.183. The SMILES string of the molecule is CC(C)(C)NC(=O)c1ccc2ccc(-c3nnc4ccc([C@@H](N5CCC(N)C5)C(F)(F)F)cn34)nc2c1.Cl.Cl. The summed E-state index contributed by atoms with van der Waals surface area (Å²) >= 11 is 0. The van der Waals surface area contributed by atoms with Crippen LogP contribution in [0.15, 0.2) is 48.7 Å². The Morgan fingerprint density at radius 1 is 1.08 bits per heavy atom. The first kappa shape index (κ1) is 30.6. The van der Waals surface area contributed by atoms with E-state index >= 15 is 0 Å². The van der Waals surface area contributed by atoms with Crippen LogP contribution in [0, 0.1) is 0 Å². The Labute approximate surface area is 236 Å². The number of hydrogen-bond acceptors (Lipinski definition) is 6. The third-order valence-electron chi connectivity index (χ3n) is 6.34. The highest BCUT2D eigenvalue weighted by Gasteiger charge is 2.46. The fourth-order valence-corrected chi connectivity index (χ4v) is 4.70. The highest BCUT2D eigenvalue weighted by molar-refractivity contribution is 5.98. The zero-order chi connectivity index (χ0) is 26.5. The molecule has 1 fully saturated rings. The number of aromatic nitrogens is 4. The maximum absolute atomic E-state index is 14.1. The third-order valence-corrected chi connectivity index (χ3v) is 6.34. The molecule has 1 aromatic carbocycles. The van der Waals surface area contributed by atoms with Crippen LogP contribution in [0.2, 0.25) is 0 Å². The Balaban J connectivity index is 0.00000210. The Bertz CT molecular complexity index is 1490. The molecule has 5 rings (SSSR count). The first-order valence-electron chi connectivity index (χ1n) is 12.0. The summed E-state index contributed by atoms with van der Waals surface area (Å²) in [5, 5.41) is 12.1. The second kappa shape index (κ2) is 11.2. The molecule has 0 radical (unpaired) electrons. The van der Waals surface area contributed by atoms with Crippen molar-refractivity contribution in [3.63, 3.8) is 0 Å². The van der Waals surface area contributed by atoms with Crippen molar-refractivity contribution in [2.75, 3.05) is 13.1 Å². The van der Waals surface area contributed by atoms with Gasteiger partial charge in [-0.25, -0.2) is 4.98 Å². The minimum Gasteiger partial charge on any atom is -0.347 e. The Morgan fingerprint density at radius 2 is 1.79 bits per heavy atom. The second-order valence-corrected chi connectivity index (χ2v) is 10.5. The summed E-state index contributed by atoms with van der Waals surface area (Å²) in [5.74, 6) is 0.0846. The molecule has 39 heavy (non-hydrogen) atoms. The fraction of sp³-hybridized carbons (Fsp3) is 0.385. The maximum atomic E-state index is 14.1. The summed E-state index contributed by atoms with van der Waals surface area (Å²) < 4.78 is 44.0. The van der Waals surface area contributed by atoms with Gasteiger partial charge in [0, 0.05) is 41.8 Å². The predicted molar refractivity (Wildman–Crippen MR) is 148 cm³/mol. The monoisotopic (exact) mass is 583 g/mol. The van der Waals surface area contributed by atoms with Gasteiger partial charge in [0.25, 0.3) is 5.91 Å². The van der Waals surface area contributed by atoms with Crippen LogP contribution in [0.4, 0.5) is 13.2 Å². The fourth-order valence-electron chi connectivity index (χ4n) is 4.70. The number of carbonyl (C=O) groups excluding carboxylic acids is 1. The van der Waals surface area contributed by atoms with Gasteiger partial charge in [-0.1, -0.05) is 18.2 Å². The molecule has 3 aromatic heterocycles. The summed E-state index contributed by atoms with van der Waals surface area (Å²) in [5.41, 5.74) is 7.43. The van der Waals surface area contributed by atoms with Crippen LogP contribution in [-0.4, -0.2) is 61.2 Å². The number of benzene rings is 1. The Kier molecular flexibility index (Phi) is 8.81. The van der Waals surface area contributed by atoms with E-state index in [1.54, 1.807) is 24.3 Å². The molecule has 1 saturated heterocycles. The number of hydrogen-bond donors (Lipinski definition) is 2. The van der Waals surface area contributed by atoms with E-state index in [1.165, 1.54) is 27.6 Å². The number of amides is 1. The van der Waals surface area contributed by atoms with E-state index in [0.717, 1.165) is 5.39 Å².